The Morgan fingerprint density at radius 2 is 2.05 bits per heavy atom. The van der Waals surface area contributed by atoms with E-state index in [1.165, 1.54) is 12.8 Å². The largest absolute Gasteiger partial charge is 0.390 e. The Kier molecular flexibility index (Phi) is 5.38. The van der Waals surface area contributed by atoms with Crippen molar-refractivity contribution in [2.75, 3.05) is 12.3 Å². The summed E-state index contributed by atoms with van der Waals surface area (Å²) in [5, 5.41) is 10.8. The van der Waals surface area contributed by atoms with Crippen molar-refractivity contribution in [1.29, 1.82) is 0 Å². The summed E-state index contributed by atoms with van der Waals surface area (Å²) in [6, 6.07) is 3.79. The standard InChI is InChI=1S/C16H26N2O2/c1-2-20-16(9-5-3-4-6-10-16)14(19)12-13-8-7-11-18-15(13)17/h7-8,11,14,19H,2-6,9-10,12H2,1H3,(H2,17,18). The molecule has 1 atom stereocenters. The molecule has 1 unspecified atom stereocenters. The lowest BCUT2D eigenvalue weighted by atomic mass is 9.84. The van der Waals surface area contributed by atoms with Gasteiger partial charge in [-0.25, -0.2) is 4.98 Å². The predicted octanol–water partition coefficient (Wildman–Crippen LogP) is 2.70. The predicted molar refractivity (Wildman–Crippen MR) is 80.4 cm³/mol. The van der Waals surface area contributed by atoms with E-state index in [-0.39, 0.29) is 0 Å². The Hall–Kier alpha value is -1.13. The Balaban J connectivity index is 2.14. The maximum absolute atomic E-state index is 10.8. The van der Waals surface area contributed by atoms with Gasteiger partial charge < -0.3 is 15.6 Å². The molecule has 4 nitrogen and oxygen atoms in total. The second-order valence-corrected chi connectivity index (χ2v) is 5.68. The molecule has 0 spiro atoms. The van der Waals surface area contributed by atoms with Gasteiger partial charge >= 0.3 is 0 Å². The number of aliphatic hydroxyl groups excluding tert-OH is 1. The molecule has 4 heteroatoms. The first-order chi connectivity index (χ1) is 9.68. The highest BCUT2D eigenvalue weighted by molar-refractivity contribution is 5.39. The van der Waals surface area contributed by atoms with Crippen molar-refractivity contribution in [2.24, 2.45) is 0 Å². The Bertz CT molecular complexity index is 415. The molecule has 20 heavy (non-hydrogen) atoms. The summed E-state index contributed by atoms with van der Waals surface area (Å²) >= 11 is 0. The summed E-state index contributed by atoms with van der Waals surface area (Å²) in [7, 11) is 0. The maximum Gasteiger partial charge on any atom is 0.126 e. The lowest BCUT2D eigenvalue weighted by molar-refractivity contribution is -0.128. The van der Waals surface area contributed by atoms with Gasteiger partial charge in [-0.05, 0) is 31.4 Å². The first-order valence-corrected chi connectivity index (χ1v) is 7.69. The molecule has 1 saturated carbocycles. The van der Waals surface area contributed by atoms with Gasteiger partial charge in [0, 0.05) is 19.2 Å². The molecular formula is C16H26N2O2. The van der Waals surface area contributed by atoms with Gasteiger partial charge in [0.2, 0.25) is 0 Å². The number of aromatic nitrogens is 1. The summed E-state index contributed by atoms with van der Waals surface area (Å²) in [5.41, 5.74) is 6.38. The Labute approximate surface area is 121 Å². The van der Waals surface area contributed by atoms with Gasteiger partial charge in [0.05, 0.1) is 11.7 Å². The van der Waals surface area contributed by atoms with Crippen molar-refractivity contribution in [3.8, 4) is 0 Å². The third kappa shape index (κ3) is 3.49. The average Bonchev–Trinajstić information content (AvgIpc) is 2.68. The molecule has 3 N–H and O–H groups in total. The van der Waals surface area contributed by atoms with Crippen LogP contribution in [-0.2, 0) is 11.2 Å². The molecule has 0 amide bonds. The number of aliphatic hydroxyl groups is 1. The van der Waals surface area contributed by atoms with Crippen LogP contribution in [0, 0.1) is 0 Å². The fraction of sp³-hybridized carbons (Fsp3) is 0.688. The van der Waals surface area contributed by atoms with Crippen LogP contribution >= 0.6 is 0 Å². The fourth-order valence-electron chi connectivity index (χ4n) is 3.21. The molecule has 1 aliphatic carbocycles. The van der Waals surface area contributed by atoms with E-state index in [2.05, 4.69) is 4.98 Å². The summed E-state index contributed by atoms with van der Waals surface area (Å²) in [6.45, 7) is 2.64. The van der Waals surface area contributed by atoms with Crippen molar-refractivity contribution in [1.82, 2.24) is 4.98 Å². The summed E-state index contributed by atoms with van der Waals surface area (Å²) < 4.78 is 6.01. The number of rotatable bonds is 5. The highest BCUT2D eigenvalue weighted by Gasteiger charge is 2.39. The fourth-order valence-corrected chi connectivity index (χ4v) is 3.21. The van der Waals surface area contributed by atoms with E-state index in [1.54, 1.807) is 6.20 Å². The molecule has 1 fully saturated rings. The van der Waals surface area contributed by atoms with E-state index in [9.17, 15) is 5.11 Å². The number of nitrogens with two attached hydrogens (primary N) is 1. The van der Waals surface area contributed by atoms with Crippen LogP contribution in [0.2, 0.25) is 0 Å². The molecule has 112 valence electrons. The molecule has 1 aromatic rings. The number of ether oxygens (including phenoxy) is 1. The molecule has 0 saturated heterocycles. The van der Waals surface area contributed by atoms with Crippen LogP contribution in [0.15, 0.2) is 18.3 Å². The second kappa shape index (κ2) is 7.04. The summed E-state index contributed by atoms with van der Waals surface area (Å²) in [5.74, 6) is 0.506. The minimum atomic E-state index is -0.521. The Morgan fingerprint density at radius 1 is 1.35 bits per heavy atom. The summed E-state index contributed by atoms with van der Waals surface area (Å²) in [6.07, 6.45) is 8.25. The minimum absolute atomic E-state index is 0.409. The van der Waals surface area contributed by atoms with Gasteiger partial charge in [0.1, 0.15) is 5.82 Å². The molecule has 1 heterocycles. The van der Waals surface area contributed by atoms with Crippen molar-refractivity contribution < 1.29 is 9.84 Å². The second-order valence-electron chi connectivity index (χ2n) is 5.68. The molecule has 0 bridgehead atoms. The van der Waals surface area contributed by atoms with Crippen molar-refractivity contribution in [3.63, 3.8) is 0 Å². The van der Waals surface area contributed by atoms with Crippen molar-refractivity contribution in [2.45, 2.75) is 63.6 Å². The smallest absolute Gasteiger partial charge is 0.126 e. The normalized spacial score (nSPS) is 20.3. The third-order valence-corrected chi connectivity index (χ3v) is 4.33. The topological polar surface area (TPSA) is 68.4 Å². The first-order valence-electron chi connectivity index (χ1n) is 7.69. The van der Waals surface area contributed by atoms with Crippen LogP contribution in [0.5, 0.6) is 0 Å². The maximum atomic E-state index is 10.8. The number of hydrogen-bond donors (Lipinski definition) is 2. The summed E-state index contributed by atoms with van der Waals surface area (Å²) in [4.78, 5) is 4.09. The van der Waals surface area contributed by atoms with Gasteiger partial charge in [-0.3, -0.25) is 0 Å². The van der Waals surface area contributed by atoms with Crippen LogP contribution < -0.4 is 5.73 Å². The van der Waals surface area contributed by atoms with E-state index in [4.69, 9.17) is 10.5 Å². The molecular weight excluding hydrogens is 252 g/mol. The number of nitrogens with zero attached hydrogens (tertiary/aromatic N) is 1. The number of anilines is 1. The first kappa shape index (κ1) is 15.3. The SMILES string of the molecule is CCOC1(C(O)Cc2cccnc2N)CCCCCC1. The molecule has 0 aliphatic heterocycles. The number of nitrogen functional groups attached to an aromatic ring is 1. The van der Waals surface area contributed by atoms with E-state index < -0.39 is 11.7 Å². The molecule has 1 aromatic heterocycles. The van der Waals surface area contributed by atoms with Gasteiger partial charge in [-0.2, -0.15) is 0 Å². The lowest BCUT2D eigenvalue weighted by Crippen LogP contribution is -2.46. The zero-order valence-electron chi connectivity index (χ0n) is 12.3. The van der Waals surface area contributed by atoms with Gasteiger partial charge in [0.15, 0.2) is 0 Å². The highest BCUT2D eigenvalue weighted by Crippen LogP contribution is 2.35. The van der Waals surface area contributed by atoms with Crippen molar-refractivity contribution in [3.05, 3.63) is 23.9 Å². The van der Waals surface area contributed by atoms with Crippen LogP contribution in [0.1, 0.15) is 51.0 Å². The monoisotopic (exact) mass is 278 g/mol. The van der Waals surface area contributed by atoms with Gasteiger partial charge in [0.25, 0.3) is 0 Å². The van der Waals surface area contributed by atoms with E-state index >= 15 is 0 Å². The van der Waals surface area contributed by atoms with E-state index in [0.29, 0.717) is 18.8 Å². The molecule has 2 rings (SSSR count). The third-order valence-electron chi connectivity index (χ3n) is 4.33. The number of pyridine rings is 1. The molecule has 0 aromatic carbocycles. The van der Waals surface area contributed by atoms with E-state index in [1.807, 2.05) is 19.1 Å². The minimum Gasteiger partial charge on any atom is -0.390 e. The van der Waals surface area contributed by atoms with Crippen LogP contribution in [0.25, 0.3) is 0 Å². The van der Waals surface area contributed by atoms with Crippen LogP contribution in [-0.4, -0.2) is 28.4 Å². The van der Waals surface area contributed by atoms with Gasteiger partial charge in [-0.1, -0.05) is 31.7 Å². The Morgan fingerprint density at radius 3 is 2.65 bits per heavy atom. The van der Waals surface area contributed by atoms with Crippen molar-refractivity contribution >= 4 is 5.82 Å². The lowest BCUT2D eigenvalue weighted by Gasteiger charge is -2.37. The number of hydrogen-bond acceptors (Lipinski definition) is 4. The molecule has 0 radical (unpaired) electrons. The molecule has 1 aliphatic rings. The van der Waals surface area contributed by atoms with Crippen LogP contribution in [0.4, 0.5) is 5.82 Å². The quantitative estimate of drug-likeness (QED) is 0.813. The highest BCUT2D eigenvalue weighted by atomic mass is 16.5. The van der Waals surface area contributed by atoms with Gasteiger partial charge in [-0.15, -0.1) is 0 Å². The van der Waals surface area contributed by atoms with Crippen LogP contribution in [0.3, 0.4) is 0 Å². The zero-order valence-corrected chi connectivity index (χ0v) is 12.3. The zero-order chi connectivity index (χ0) is 14.4. The average molecular weight is 278 g/mol. The van der Waals surface area contributed by atoms with E-state index in [0.717, 1.165) is 31.2 Å².